The Kier molecular flexibility index (Phi) is 3.18. The summed E-state index contributed by atoms with van der Waals surface area (Å²) in [5.74, 6) is 1.01. The maximum Gasteiger partial charge on any atom is 0.124 e. The summed E-state index contributed by atoms with van der Waals surface area (Å²) >= 11 is 5.24. The van der Waals surface area contributed by atoms with Crippen LogP contribution in [0.4, 0.5) is 0 Å². The van der Waals surface area contributed by atoms with Gasteiger partial charge in [0.15, 0.2) is 0 Å². The number of ether oxygens (including phenoxy) is 1. The Bertz CT molecular complexity index is 526. The van der Waals surface area contributed by atoms with Crippen LogP contribution in [0.5, 0.6) is 5.75 Å². The van der Waals surface area contributed by atoms with Gasteiger partial charge in [-0.2, -0.15) is 0 Å². The number of para-hydroxylation sites is 1. The monoisotopic (exact) mass is 309 g/mol. The van der Waals surface area contributed by atoms with E-state index in [2.05, 4.69) is 45.5 Å². The third-order valence-electron chi connectivity index (χ3n) is 2.85. The van der Waals surface area contributed by atoms with Gasteiger partial charge in [-0.15, -0.1) is 11.3 Å². The van der Waals surface area contributed by atoms with Crippen LogP contribution in [0.25, 0.3) is 0 Å². The standard InChI is InChI=1S/C13H12BrNOS/c14-13-6-5-9(17-13)7-15-11-8-16-12-4-2-1-3-10(11)12/h1-6,11,15H,7-8H2. The molecule has 1 atom stereocenters. The van der Waals surface area contributed by atoms with Crippen LogP contribution < -0.4 is 10.1 Å². The minimum absolute atomic E-state index is 0.312. The van der Waals surface area contributed by atoms with E-state index in [-0.39, 0.29) is 0 Å². The van der Waals surface area contributed by atoms with E-state index in [1.54, 1.807) is 11.3 Å². The third-order valence-corrected chi connectivity index (χ3v) is 4.48. The molecule has 0 amide bonds. The topological polar surface area (TPSA) is 21.3 Å². The Morgan fingerprint density at radius 3 is 3.00 bits per heavy atom. The summed E-state index contributed by atoms with van der Waals surface area (Å²) in [6, 6.07) is 12.8. The molecule has 0 aliphatic carbocycles. The number of hydrogen-bond acceptors (Lipinski definition) is 3. The molecule has 0 fully saturated rings. The fourth-order valence-electron chi connectivity index (χ4n) is 2.00. The molecule has 1 aliphatic heterocycles. The van der Waals surface area contributed by atoms with E-state index >= 15 is 0 Å². The smallest absolute Gasteiger partial charge is 0.124 e. The minimum Gasteiger partial charge on any atom is -0.491 e. The quantitative estimate of drug-likeness (QED) is 0.932. The van der Waals surface area contributed by atoms with E-state index in [0.29, 0.717) is 6.04 Å². The van der Waals surface area contributed by atoms with Crippen LogP contribution in [-0.4, -0.2) is 6.61 Å². The zero-order chi connectivity index (χ0) is 11.7. The van der Waals surface area contributed by atoms with Gasteiger partial charge in [-0.1, -0.05) is 18.2 Å². The lowest BCUT2D eigenvalue weighted by Crippen LogP contribution is -2.21. The Balaban J connectivity index is 1.68. The summed E-state index contributed by atoms with van der Waals surface area (Å²) in [7, 11) is 0. The fraction of sp³-hybridized carbons (Fsp3) is 0.231. The first-order chi connectivity index (χ1) is 8.33. The fourth-order valence-corrected chi connectivity index (χ4v) is 3.44. The van der Waals surface area contributed by atoms with E-state index in [1.165, 1.54) is 14.2 Å². The van der Waals surface area contributed by atoms with Gasteiger partial charge in [-0.05, 0) is 34.1 Å². The van der Waals surface area contributed by atoms with E-state index < -0.39 is 0 Å². The van der Waals surface area contributed by atoms with Gasteiger partial charge in [0.2, 0.25) is 0 Å². The summed E-state index contributed by atoms with van der Waals surface area (Å²) < 4.78 is 6.81. The average molecular weight is 310 g/mol. The molecular weight excluding hydrogens is 298 g/mol. The summed E-state index contributed by atoms with van der Waals surface area (Å²) in [6.45, 7) is 1.62. The lowest BCUT2D eigenvalue weighted by Gasteiger charge is -2.10. The molecule has 1 N–H and O–H groups in total. The highest BCUT2D eigenvalue weighted by atomic mass is 79.9. The SMILES string of the molecule is Brc1ccc(CNC2COc3ccccc32)s1. The highest BCUT2D eigenvalue weighted by Crippen LogP contribution is 2.32. The molecule has 0 bridgehead atoms. The molecule has 1 aliphatic rings. The Hall–Kier alpha value is -0.840. The third kappa shape index (κ3) is 2.39. The van der Waals surface area contributed by atoms with Crippen molar-refractivity contribution < 1.29 is 4.74 Å². The van der Waals surface area contributed by atoms with Gasteiger partial charge in [0.05, 0.1) is 9.83 Å². The Labute approximate surface area is 113 Å². The van der Waals surface area contributed by atoms with Crippen molar-refractivity contribution >= 4 is 27.3 Å². The summed E-state index contributed by atoms with van der Waals surface area (Å²) in [5.41, 5.74) is 1.27. The predicted octanol–water partition coefficient (Wildman–Crippen LogP) is 3.73. The first-order valence-corrected chi connectivity index (χ1v) is 7.13. The van der Waals surface area contributed by atoms with Gasteiger partial charge in [0, 0.05) is 17.0 Å². The lowest BCUT2D eigenvalue weighted by atomic mass is 10.1. The van der Waals surface area contributed by atoms with Crippen molar-refractivity contribution in [2.75, 3.05) is 6.61 Å². The van der Waals surface area contributed by atoms with E-state index in [0.717, 1.165) is 18.9 Å². The molecule has 17 heavy (non-hydrogen) atoms. The molecule has 4 heteroatoms. The first kappa shape index (κ1) is 11.3. The molecule has 1 unspecified atom stereocenters. The second-order valence-electron chi connectivity index (χ2n) is 3.99. The molecular formula is C13H12BrNOS. The van der Waals surface area contributed by atoms with Crippen molar-refractivity contribution in [1.29, 1.82) is 0 Å². The Morgan fingerprint density at radius 2 is 2.18 bits per heavy atom. The molecule has 0 saturated carbocycles. The van der Waals surface area contributed by atoms with Crippen molar-refractivity contribution in [1.82, 2.24) is 5.32 Å². The largest absolute Gasteiger partial charge is 0.491 e. The second-order valence-corrected chi connectivity index (χ2v) is 6.54. The van der Waals surface area contributed by atoms with Crippen molar-refractivity contribution in [2.45, 2.75) is 12.6 Å². The Morgan fingerprint density at radius 1 is 1.29 bits per heavy atom. The molecule has 2 aromatic rings. The van der Waals surface area contributed by atoms with Crippen LogP contribution in [-0.2, 0) is 6.54 Å². The second kappa shape index (κ2) is 4.80. The van der Waals surface area contributed by atoms with Crippen LogP contribution in [0.15, 0.2) is 40.2 Å². The van der Waals surface area contributed by atoms with Crippen LogP contribution in [0.2, 0.25) is 0 Å². The van der Waals surface area contributed by atoms with Gasteiger partial charge in [-0.25, -0.2) is 0 Å². The number of nitrogens with one attached hydrogen (secondary N) is 1. The highest BCUT2D eigenvalue weighted by molar-refractivity contribution is 9.11. The van der Waals surface area contributed by atoms with Crippen LogP contribution in [0.3, 0.4) is 0 Å². The first-order valence-electron chi connectivity index (χ1n) is 5.52. The van der Waals surface area contributed by atoms with Crippen molar-refractivity contribution in [2.24, 2.45) is 0 Å². The molecule has 1 aromatic carbocycles. The molecule has 0 saturated heterocycles. The zero-order valence-corrected chi connectivity index (χ0v) is 11.6. The molecule has 2 heterocycles. The summed E-state index contributed by atoms with van der Waals surface area (Å²) in [4.78, 5) is 1.33. The number of rotatable bonds is 3. The summed E-state index contributed by atoms with van der Waals surface area (Å²) in [6.07, 6.45) is 0. The van der Waals surface area contributed by atoms with Gasteiger partial charge in [0.1, 0.15) is 12.4 Å². The van der Waals surface area contributed by atoms with E-state index in [1.807, 2.05) is 12.1 Å². The number of hydrogen-bond donors (Lipinski definition) is 1. The van der Waals surface area contributed by atoms with Crippen molar-refractivity contribution in [3.8, 4) is 5.75 Å². The van der Waals surface area contributed by atoms with Crippen LogP contribution in [0, 0.1) is 0 Å². The van der Waals surface area contributed by atoms with Crippen molar-refractivity contribution in [3.05, 3.63) is 50.6 Å². The number of thiophene rings is 1. The van der Waals surface area contributed by atoms with Crippen LogP contribution in [0.1, 0.15) is 16.5 Å². The molecule has 0 radical (unpaired) electrons. The number of halogens is 1. The van der Waals surface area contributed by atoms with Gasteiger partial charge >= 0.3 is 0 Å². The molecule has 88 valence electrons. The van der Waals surface area contributed by atoms with Gasteiger partial charge in [-0.3, -0.25) is 0 Å². The van der Waals surface area contributed by atoms with Gasteiger partial charge in [0.25, 0.3) is 0 Å². The number of benzene rings is 1. The maximum absolute atomic E-state index is 5.64. The highest BCUT2D eigenvalue weighted by Gasteiger charge is 2.22. The van der Waals surface area contributed by atoms with Gasteiger partial charge < -0.3 is 10.1 Å². The summed E-state index contributed by atoms with van der Waals surface area (Å²) in [5, 5.41) is 3.53. The molecule has 0 spiro atoms. The van der Waals surface area contributed by atoms with E-state index in [9.17, 15) is 0 Å². The normalized spacial score (nSPS) is 17.8. The average Bonchev–Trinajstić information content (AvgIpc) is 2.93. The molecule has 3 rings (SSSR count). The van der Waals surface area contributed by atoms with E-state index in [4.69, 9.17) is 4.74 Å². The molecule has 2 nitrogen and oxygen atoms in total. The predicted molar refractivity (Wildman–Crippen MR) is 73.5 cm³/mol. The number of fused-ring (bicyclic) bond motifs is 1. The zero-order valence-electron chi connectivity index (χ0n) is 9.15. The van der Waals surface area contributed by atoms with Crippen molar-refractivity contribution in [3.63, 3.8) is 0 Å². The minimum atomic E-state index is 0.312. The van der Waals surface area contributed by atoms with Crippen LogP contribution >= 0.6 is 27.3 Å². The lowest BCUT2D eigenvalue weighted by molar-refractivity contribution is 0.311. The molecule has 1 aromatic heterocycles. The maximum atomic E-state index is 5.64.